The number of benzene rings is 1. The number of carbonyl (C=O) groups excluding carboxylic acids is 1. The Bertz CT molecular complexity index is 825. The lowest BCUT2D eigenvalue weighted by atomic mass is 10.1. The van der Waals surface area contributed by atoms with Gasteiger partial charge in [-0.2, -0.15) is 5.10 Å². The number of hydrogen-bond donors (Lipinski definition) is 2. The predicted molar refractivity (Wildman–Crippen MR) is 94.0 cm³/mol. The van der Waals surface area contributed by atoms with Crippen molar-refractivity contribution in [3.05, 3.63) is 65.7 Å². The highest BCUT2D eigenvalue weighted by Gasteiger charge is 2.21. The van der Waals surface area contributed by atoms with Gasteiger partial charge in [0, 0.05) is 18.8 Å². The highest BCUT2D eigenvalue weighted by molar-refractivity contribution is 5.94. The molecular weight excluding hydrogens is 318 g/mol. The third-order valence-electron chi connectivity index (χ3n) is 3.73. The van der Waals surface area contributed by atoms with Gasteiger partial charge < -0.3 is 15.2 Å². The monoisotopic (exact) mass is 339 g/mol. The van der Waals surface area contributed by atoms with Gasteiger partial charge in [-0.15, -0.1) is 0 Å². The molecule has 0 radical (unpaired) electrons. The first-order chi connectivity index (χ1) is 12.1. The van der Waals surface area contributed by atoms with Crippen LogP contribution in [-0.4, -0.2) is 27.4 Å². The third-order valence-corrected chi connectivity index (χ3v) is 3.73. The predicted octanol–water partition coefficient (Wildman–Crippen LogP) is 2.46. The standard InChI is InChI=1S/C18H21N5O2/c1-13-11-20-23(12-13)9-8-19-17(15-6-4-3-5-7-15)18(24)21-16-10-14(2)25-22-16/h3-7,10-12,17,19H,8-9H2,1-2H3,(H,21,22,24). The summed E-state index contributed by atoms with van der Waals surface area (Å²) in [5.74, 6) is 0.873. The summed E-state index contributed by atoms with van der Waals surface area (Å²) in [7, 11) is 0. The summed E-state index contributed by atoms with van der Waals surface area (Å²) >= 11 is 0. The highest BCUT2D eigenvalue weighted by atomic mass is 16.5. The number of nitrogens with zero attached hydrogens (tertiary/aromatic N) is 3. The molecular formula is C18H21N5O2. The van der Waals surface area contributed by atoms with Gasteiger partial charge in [0.15, 0.2) is 5.82 Å². The molecule has 0 fully saturated rings. The number of hydrogen-bond acceptors (Lipinski definition) is 5. The van der Waals surface area contributed by atoms with Crippen molar-refractivity contribution in [1.29, 1.82) is 0 Å². The number of nitrogens with one attached hydrogen (secondary N) is 2. The summed E-state index contributed by atoms with van der Waals surface area (Å²) in [6, 6.07) is 10.8. The first-order valence-electron chi connectivity index (χ1n) is 8.13. The Balaban J connectivity index is 1.67. The quantitative estimate of drug-likeness (QED) is 0.691. The summed E-state index contributed by atoms with van der Waals surface area (Å²) < 4.78 is 6.85. The molecule has 1 atom stereocenters. The fourth-order valence-corrected chi connectivity index (χ4v) is 2.54. The van der Waals surface area contributed by atoms with Crippen LogP contribution in [-0.2, 0) is 11.3 Å². The van der Waals surface area contributed by atoms with E-state index in [9.17, 15) is 4.79 Å². The van der Waals surface area contributed by atoms with Gasteiger partial charge >= 0.3 is 0 Å². The maximum atomic E-state index is 12.7. The number of carbonyl (C=O) groups is 1. The summed E-state index contributed by atoms with van der Waals surface area (Å²) in [5.41, 5.74) is 2.00. The van der Waals surface area contributed by atoms with Gasteiger partial charge in [0.2, 0.25) is 5.91 Å². The fraction of sp³-hybridized carbons (Fsp3) is 0.278. The van der Waals surface area contributed by atoms with E-state index in [1.54, 1.807) is 13.0 Å². The van der Waals surface area contributed by atoms with E-state index in [0.29, 0.717) is 24.7 Å². The number of anilines is 1. The van der Waals surface area contributed by atoms with Crippen LogP contribution in [0.4, 0.5) is 5.82 Å². The van der Waals surface area contributed by atoms with E-state index < -0.39 is 6.04 Å². The van der Waals surface area contributed by atoms with Crippen LogP contribution >= 0.6 is 0 Å². The Labute approximate surface area is 146 Å². The van der Waals surface area contributed by atoms with E-state index in [0.717, 1.165) is 11.1 Å². The molecule has 0 saturated heterocycles. The third kappa shape index (κ3) is 4.54. The van der Waals surface area contributed by atoms with Crippen molar-refractivity contribution in [2.45, 2.75) is 26.4 Å². The molecule has 0 aliphatic carbocycles. The van der Waals surface area contributed by atoms with Crippen molar-refractivity contribution in [3.8, 4) is 0 Å². The second-order valence-electron chi connectivity index (χ2n) is 5.89. The van der Waals surface area contributed by atoms with E-state index in [1.165, 1.54) is 0 Å². The molecule has 0 aliphatic rings. The summed E-state index contributed by atoms with van der Waals surface area (Å²) in [6.07, 6.45) is 3.78. The van der Waals surface area contributed by atoms with Crippen molar-refractivity contribution < 1.29 is 9.32 Å². The molecule has 0 spiro atoms. The Morgan fingerprint density at radius 2 is 2.08 bits per heavy atom. The molecule has 0 aliphatic heterocycles. The van der Waals surface area contributed by atoms with Gasteiger partial charge in [-0.3, -0.25) is 9.48 Å². The Hall–Kier alpha value is -2.93. The van der Waals surface area contributed by atoms with Crippen LogP contribution in [0.5, 0.6) is 0 Å². The molecule has 1 aromatic carbocycles. The average molecular weight is 339 g/mol. The molecule has 2 heterocycles. The molecule has 1 unspecified atom stereocenters. The minimum Gasteiger partial charge on any atom is -0.360 e. The van der Waals surface area contributed by atoms with Gasteiger partial charge in [0.1, 0.15) is 11.8 Å². The zero-order valence-electron chi connectivity index (χ0n) is 14.3. The van der Waals surface area contributed by atoms with Gasteiger partial charge in [-0.1, -0.05) is 35.5 Å². The number of rotatable bonds is 7. The van der Waals surface area contributed by atoms with Crippen LogP contribution in [0.1, 0.15) is 22.9 Å². The first-order valence-corrected chi connectivity index (χ1v) is 8.13. The zero-order chi connectivity index (χ0) is 17.6. The van der Waals surface area contributed by atoms with Crippen LogP contribution in [0.25, 0.3) is 0 Å². The molecule has 1 amide bonds. The van der Waals surface area contributed by atoms with E-state index in [1.807, 2.05) is 54.3 Å². The maximum Gasteiger partial charge on any atom is 0.247 e. The average Bonchev–Trinajstić information content (AvgIpc) is 3.20. The highest BCUT2D eigenvalue weighted by Crippen LogP contribution is 2.16. The van der Waals surface area contributed by atoms with Crippen molar-refractivity contribution in [3.63, 3.8) is 0 Å². The minimum atomic E-state index is -0.491. The van der Waals surface area contributed by atoms with E-state index in [4.69, 9.17) is 4.52 Å². The van der Waals surface area contributed by atoms with Gasteiger partial charge in [0.05, 0.1) is 12.7 Å². The molecule has 3 rings (SSSR count). The number of aromatic nitrogens is 3. The lowest BCUT2D eigenvalue weighted by Gasteiger charge is -2.18. The van der Waals surface area contributed by atoms with Crippen molar-refractivity contribution >= 4 is 11.7 Å². The van der Waals surface area contributed by atoms with Crippen LogP contribution in [0.15, 0.2) is 53.3 Å². The van der Waals surface area contributed by atoms with Crippen LogP contribution < -0.4 is 10.6 Å². The van der Waals surface area contributed by atoms with Gasteiger partial charge in [0.25, 0.3) is 0 Å². The Morgan fingerprint density at radius 3 is 2.72 bits per heavy atom. The van der Waals surface area contributed by atoms with Crippen LogP contribution in [0.3, 0.4) is 0 Å². The van der Waals surface area contributed by atoms with Crippen molar-refractivity contribution in [2.75, 3.05) is 11.9 Å². The SMILES string of the molecule is Cc1cnn(CCNC(C(=O)Nc2cc(C)on2)c2ccccc2)c1. The van der Waals surface area contributed by atoms with E-state index in [2.05, 4.69) is 20.9 Å². The summed E-state index contributed by atoms with van der Waals surface area (Å²) in [5, 5.41) is 14.1. The minimum absolute atomic E-state index is 0.184. The smallest absolute Gasteiger partial charge is 0.247 e. The largest absolute Gasteiger partial charge is 0.360 e. The topological polar surface area (TPSA) is 85.0 Å². The molecule has 0 saturated carbocycles. The van der Waals surface area contributed by atoms with Crippen molar-refractivity contribution in [2.24, 2.45) is 0 Å². The van der Waals surface area contributed by atoms with Gasteiger partial charge in [-0.25, -0.2) is 0 Å². The van der Waals surface area contributed by atoms with Crippen LogP contribution in [0.2, 0.25) is 0 Å². The lowest BCUT2D eigenvalue weighted by molar-refractivity contribution is -0.118. The zero-order valence-corrected chi connectivity index (χ0v) is 14.3. The van der Waals surface area contributed by atoms with Crippen LogP contribution in [0, 0.1) is 13.8 Å². The summed E-state index contributed by atoms with van der Waals surface area (Å²) in [6.45, 7) is 5.05. The van der Waals surface area contributed by atoms with Crippen molar-refractivity contribution in [1.82, 2.24) is 20.3 Å². The molecule has 3 aromatic rings. The first kappa shape index (κ1) is 16.9. The molecule has 0 bridgehead atoms. The second kappa shape index (κ2) is 7.76. The lowest BCUT2D eigenvalue weighted by Crippen LogP contribution is -2.35. The summed E-state index contributed by atoms with van der Waals surface area (Å²) in [4.78, 5) is 12.7. The van der Waals surface area contributed by atoms with E-state index >= 15 is 0 Å². The number of aryl methyl sites for hydroxylation is 2. The van der Waals surface area contributed by atoms with E-state index in [-0.39, 0.29) is 5.91 Å². The molecule has 2 aromatic heterocycles. The Kier molecular flexibility index (Phi) is 5.25. The maximum absolute atomic E-state index is 12.7. The second-order valence-corrected chi connectivity index (χ2v) is 5.89. The molecule has 2 N–H and O–H groups in total. The molecule has 25 heavy (non-hydrogen) atoms. The normalized spacial score (nSPS) is 12.1. The Morgan fingerprint density at radius 1 is 1.28 bits per heavy atom. The fourth-order valence-electron chi connectivity index (χ4n) is 2.54. The molecule has 7 heteroatoms. The molecule has 7 nitrogen and oxygen atoms in total. The number of amides is 1. The van der Waals surface area contributed by atoms with Gasteiger partial charge in [-0.05, 0) is 25.0 Å². The molecule has 130 valence electrons.